The van der Waals surface area contributed by atoms with Gasteiger partial charge in [0.05, 0.1) is 0 Å². The molecule has 0 aliphatic rings. The van der Waals surface area contributed by atoms with Gasteiger partial charge in [0.25, 0.3) is 0 Å². The Hall–Kier alpha value is -2.41. The topological polar surface area (TPSA) is 84.9 Å². The van der Waals surface area contributed by atoms with Crippen molar-refractivity contribution in [2.75, 3.05) is 39.3 Å². The summed E-state index contributed by atoms with van der Waals surface area (Å²) in [6.07, 6.45) is 1.30. The molecule has 0 spiro atoms. The number of rotatable bonds is 8. The lowest BCUT2D eigenvalue weighted by atomic mass is 10.2. The van der Waals surface area contributed by atoms with E-state index in [9.17, 15) is 14.4 Å². The molecule has 0 radical (unpaired) electrons. The zero-order chi connectivity index (χ0) is 16.8. The summed E-state index contributed by atoms with van der Waals surface area (Å²) >= 11 is 0. The van der Waals surface area contributed by atoms with Crippen LogP contribution in [0.25, 0.3) is 0 Å². The molecule has 0 saturated carbocycles. The maximum absolute atomic E-state index is 11.1. The molecular formula is C15H22N2O5. The van der Waals surface area contributed by atoms with E-state index in [1.807, 2.05) is 24.1 Å². The number of carbonyl (C=O) groups excluding carboxylic acids is 3. The van der Waals surface area contributed by atoms with Crippen LogP contribution in [0.15, 0.2) is 24.3 Å². The lowest BCUT2D eigenvalue weighted by Gasteiger charge is -2.18. The van der Waals surface area contributed by atoms with Gasteiger partial charge >= 0.3 is 0 Å². The number of aldehydes is 1. The van der Waals surface area contributed by atoms with Crippen LogP contribution in [0.4, 0.5) is 5.69 Å². The van der Waals surface area contributed by atoms with E-state index in [2.05, 4.69) is 10.1 Å². The Kier molecular flexibility index (Phi) is 11.0. The maximum atomic E-state index is 11.1. The van der Waals surface area contributed by atoms with E-state index in [0.29, 0.717) is 25.0 Å². The lowest BCUT2D eigenvalue weighted by molar-refractivity contribution is -0.125. The largest absolute Gasteiger partial charge is 0.486 e. The molecule has 7 nitrogen and oxygen atoms in total. The van der Waals surface area contributed by atoms with Gasteiger partial charge in [-0.15, -0.1) is 0 Å². The van der Waals surface area contributed by atoms with E-state index in [4.69, 9.17) is 4.74 Å². The van der Waals surface area contributed by atoms with E-state index in [1.165, 1.54) is 0 Å². The molecule has 0 aliphatic heterocycles. The number of hydrogen-bond acceptors (Lipinski definition) is 6. The lowest BCUT2D eigenvalue weighted by Crippen LogP contribution is -2.27. The van der Waals surface area contributed by atoms with Gasteiger partial charge in [0.1, 0.15) is 12.4 Å². The summed E-state index contributed by atoms with van der Waals surface area (Å²) in [6.45, 7) is 0.523. The Morgan fingerprint density at radius 3 is 2.32 bits per heavy atom. The highest BCUT2D eigenvalue weighted by Gasteiger charge is 2.05. The number of methoxy groups -OCH3 is 1. The highest BCUT2D eigenvalue weighted by Crippen LogP contribution is 2.18. The minimum Gasteiger partial charge on any atom is -0.486 e. The van der Waals surface area contributed by atoms with E-state index in [0.717, 1.165) is 5.69 Å². The molecule has 1 rings (SSSR count). The third-order valence-corrected chi connectivity index (χ3v) is 2.49. The third-order valence-electron chi connectivity index (χ3n) is 2.49. The first-order chi connectivity index (χ1) is 10.6. The van der Waals surface area contributed by atoms with Crippen molar-refractivity contribution in [3.8, 4) is 5.75 Å². The number of amides is 2. The summed E-state index contributed by atoms with van der Waals surface area (Å²) in [4.78, 5) is 33.2. The van der Waals surface area contributed by atoms with Crippen LogP contribution in [0.3, 0.4) is 0 Å². The van der Waals surface area contributed by atoms with Gasteiger partial charge in [-0.05, 0) is 24.3 Å². The predicted molar refractivity (Wildman–Crippen MR) is 83.0 cm³/mol. The number of benzene rings is 1. The van der Waals surface area contributed by atoms with Crippen molar-refractivity contribution in [2.24, 2.45) is 0 Å². The molecule has 2 amide bonds. The molecule has 0 aromatic heterocycles. The van der Waals surface area contributed by atoms with E-state index < -0.39 is 0 Å². The first kappa shape index (κ1) is 19.6. The van der Waals surface area contributed by atoms with E-state index >= 15 is 0 Å². The van der Waals surface area contributed by atoms with Crippen molar-refractivity contribution in [2.45, 2.75) is 6.42 Å². The minimum absolute atomic E-state index is 0.0288. The average molecular weight is 310 g/mol. The molecule has 122 valence electrons. The number of carbonyl (C=O) groups is 3. The Morgan fingerprint density at radius 1 is 1.23 bits per heavy atom. The number of anilines is 1. The van der Waals surface area contributed by atoms with Gasteiger partial charge in [-0.25, -0.2) is 0 Å². The average Bonchev–Trinajstić information content (AvgIpc) is 2.52. The van der Waals surface area contributed by atoms with Gasteiger partial charge in [0, 0.05) is 39.9 Å². The highest BCUT2D eigenvalue weighted by molar-refractivity contribution is 5.86. The van der Waals surface area contributed by atoms with Crippen molar-refractivity contribution in [3.63, 3.8) is 0 Å². The molecule has 0 saturated heterocycles. The van der Waals surface area contributed by atoms with Crippen LogP contribution in [0, 0.1) is 0 Å². The summed E-state index contributed by atoms with van der Waals surface area (Å²) in [5.41, 5.74) is 0.914. The van der Waals surface area contributed by atoms with Gasteiger partial charge in [0.2, 0.25) is 12.3 Å². The number of imide groups is 1. The van der Waals surface area contributed by atoms with Crippen molar-refractivity contribution < 1.29 is 23.9 Å². The normalized spacial score (nSPS) is 9.05. The summed E-state index contributed by atoms with van der Waals surface area (Å²) in [7, 11) is 5.09. The quantitative estimate of drug-likeness (QED) is 0.709. The Labute approximate surface area is 130 Å². The molecule has 0 atom stereocenters. The number of hydrogen-bond donors (Lipinski definition) is 1. The zero-order valence-corrected chi connectivity index (χ0v) is 13.1. The SMILES string of the molecule is CN(CCC(=O)NC=O)c1ccc(OCC=O)cc1.COC. The van der Waals surface area contributed by atoms with Crippen molar-refractivity contribution in [1.82, 2.24) is 5.32 Å². The Balaban J connectivity index is 0.00000135. The third kappa shape index (κ3) is 8.70. The summed E-state index contributed by atoms with van der Waals surface area (Å²) < 4.78 is 9.38. The van der Waals surface area contributed by atoms with Crippen LogP contribution in [0.5, 0.6) is 5.75 Å². The van der Waals surface area contributed by atoms with Gasteiger partial charge in [-0.2, -0.15) is 0 Å². The maximum Gasteiger partial charge on any atom is 0.228 e. The van der Waals surface area contributed by atoms with E-state index in [1.54, 1.807) is 26.4 Å². The van der Waals surface area contributed by atoms with Crippen LogP contribution < -0.4 is 15.0 Å². The van der Waals surface area contributed by atoms with Crippen molar-refractivity contribution >= 4 is 24.3 Å². The molecule has 0 aliphatic carbocycles. The zero-order valence-electron chi connectivity index (χ0n) is 13.1. The van der Waals surface area contributed by atoms with Gasteiger partial charge in [-0.3, -0.25) is 19.7 Å². The monoisotopic (exact) mass is 310 g/mol. The smallest absolute Gasteiger partial charge is 0.228 e. The summed E-state index contributed by atoms with van der Waals surface area (Å²) in [5.74, 6) is 0.302. The van der Waals surface area contributed by atoms with Gasteiger partial charge in [-0.1, -0.05) is 0 Å². The molecule has 1 aromatic carbocycles. The second kappa shape index (κ2) is 12.3. The number of ether oxygens (including phenoxy) is 2. The fraction of sp³-hybridized carbons (Fsp3) is 0.400. The van der Waals surface area contributed by atoms with Crippen LogP contribution in [-0.2, 0) is 19.1 Å². The van der Waals surface area contributed by atoms with Gasteiger partial charge < -0.3 is 14.4 Å². The van der Waals surface area contributed by atoms with Crippen LogP contribution >= 0.6 is 0 Å². The van der Waals surface area contributed by atoms with E-state index in [-0.39, 0.29) is 18.9 Å². The molecule has 0 bridgehead atoms. The molecular weight excluding hydrogens is 288 g/mol. The second-order valence-electron chi connectivity index (χ2n) is 4.24. The van der Waals surface area contributed by atoms with Gasteiger partial charge in [0.15, 0.2) is 6.29 Å². The number of nitrogens with one attached hydrogen (secondary N) is 1. The first-order valence-electron chi connectivity index (χ1n) is 6.59. The summed E-state index contributed by atoms with van der Waals surface area (Å²) in [6, 6.07) is 7.16. The fourth-order valence-corrected chi connectivity index (χ4v) is 1.46. The van der Waals surface area contributed by atoms with Crippen LogP contribution in [0.2, 0.25) is 0 Å². The van der Waals surface area contributed by atoms with Crippen LogP contribution in [-0.4, -0.2) is 53.0 Å². The summed E-state index contributed by atoms with van der Waals surface area (Å²) in [5, 5.41) is 2.09. The second-order valence-corrected chi connectivity index (χ2v) is 4.24. The fourth-order valence-electron chi connectivity index (χ4n) is 1.46. The Bertz CT molecular complexity index is 448. The first-order valence-corrected chi connectivity index (χ1v) is 6.59. The molecule has 7 heteroatoms. The molecule has 0 fully saturated rings. The molecule has 0 unspecified atom stereocenters. The predicted octanol–water partition coefficient (Wildman–Crippen LogP) is 0.626. The Morgan fingerprint density at radius 2 is 1.82 bits per heavy atom. The molecule has 1 N–H and O–H groups in total. The van der Waals surface area contributed by atoms with Crippen LogP contribution in [0.1, 0.15) is 6.42 Å². The number of nitrogens with zero attached hydrogens (tertiary/aromatic N) is 1. The minimum atomic E-state index is -0.312. The van der Waals surface area contributed by atoms with Crippen molar-refractivity contribution in [1.29, 1.82) is 0 Å². The highest BCUT2D eigenvalue weighted by atomic mass is 16.5. The standard InChI is InChI=1S/C13H16N2O4.C2H6O/c1-15(7-6-13(18)14-10-17)11-2-4-12(5-3-11)19-9-8-16;1-3-2/h2-5,8,10H,6-7,9H2,1H3,(H,14,17,18);1-2H3. The van der Waals surface area contributed by atoms with Crippen molar-refractivity contribution in [3.05, 3.63) is 24.3 Å². The molecule has 0 heterocycles. The molecule has 1 aromatic rings. The molecule has 22 heavy (non-hydrogen) atoms.